The van der Waals surface area contributed by atoms with E-state index < -0.39 is 0 Å². The summed E-state index contributed by atoms with van der Waals surface area (Å²) in [6.45, 7) is 5.96. The third-order valence-electron chi connectivity index (χ3n) is 3.38. The van der Waals surface area contributed by atoms with Crippen molar-refractivity contribution in [3.8, 4) is 5.75 Å². The highest BCUT2D eigenvalue weighted by molar-refractivity contribution is 9.10. The maximum Gasteiger partial charge on any atom is 0.262 e. The number of carbonyl (C=O) groups is 1. The zero-order valence-electron chi connectivity index (χ0n) is 12.4. The van der Waals surface area contributed by atoms with Gasteiger partial charge in [-0.05, 0) is 61.7 Å². The van der Waals surface area contributed by atoms with E-state index in [4.69, 9.17) is 4.74 Å². The number of hydrogen-bond donors (Lipinski definition) is 1. The van der Waals surface area contributed by atoms with Crippen LogP contribution in [0.25, 0.3) is 0 Å². The van der Waals surface area contributed by atoms with Crippen LogP contribution in [-0.2, 0) is 4.79 Å². The summed E-state index contributed by atoms with van der Waals surface area (Å²) in [5, 5.41) is 2.86. The third kappa shape index (κ3) is 4.08. The molecule has 0 saturated heterocycles. The van der Waals surface area contributed by atoms with Crippen LogP contribution < -0.4 is 10.1 Å². The van der Waals surface area contributed by atoms with Crippen LogP contribution in [0.1, 0.15) is 16.7 Å². The Labute approximate surface area is 133 Å². The van der Waals surface area contributed by atoms with Gasteiger partial charge < -0.3 is 10.1 Å². The van der Waals surface area contributed by atoms with Crippen LogP contribution >= 0.6 is 15.9 Å². The van der Waals surface area contributed by atoms with E-state index in [1.807, 2.05) is 57.2 Å². The Balaban J connectivity index is 1.97. The first-order valence-electron chi connectivity index (χ1n) is 6.72. The fourth-order valence-electron chi connectivity index (χ4n) is 1.98. The molecule has 21 heavy (non-hydrogen) atoms. The highest BCUT2D eigenvalue weighted by atomic mass is 79.9. The standard InChI is InChI=1S/C17H18BrNO2/c1-11-5-4-6-16(13(11)3)21-10-17(20)19-15-8-7-14(18)9-12(15)2/h4-9H,10H2,1-3H3,(H,19,20). The Hall–Kier alpha value is -1.81. The normalized spacial score (nSPS) is 10.3. The monoisotopic (exact) mass is 347 g/mol. The van der Waals surface area contributed by atoms with Crippen LogP contribution in [0, 0.1) is 20.8 Å². The molecule has 0 unspecified atom stereocenters. The first kappa shape index (κ1) is 15.6. The molecule has 2 rings (SSSR count). The molecule has 2 aromatic carbocycles. The smallest absolute Gasteiger partial charge is 0.262 e. The van der Waals surface area contributed by atoms with Crippen LogP contribution in [0.4, 0.5) is 5.69 Å². The molecule has 1 amide bonds. The van der Waals surface area contributed by atoms with E-state index in [1.54, 1.807) is 0 Å². The summed E-state index contributed by atoms with van der Waals surface area (Å²) in [7, 11) is 0. The fourth-order valence-corrected chi connectivity index (χ4v) is 2.45. The van der Waals surface area contributed by atoms with Gasteiger partial charge in [0.25, 0.3) is 5.91 Å². The van der Waals surface area contributed by atoms with Gasteiger partial charge in [-0.15, -0.1) is 0 Å². The largest absolute Gasteiger partial charge is 0.483 e. The number of aryl methyl sites for hydroxylation is 2. The fraction of sp³-hybridized carbons (Fsp3) is 0.235. The van der Waals surface area contributed by atoms with Gasteiger partial charge in [0.2, 0.25) is 0 Å². The number of amides is 1. The van der Waals surface area contributed by atoms with Gasteiger partial charge in [-0.25, -0.2) is 0 Å². The molecule has 1 N–H and O–H groups in total. The molecule has 0 heterocycles. The van der Waals surface area contributed by atoms with Gasteiger partial charge in [-0.3, -0.25) is 4.79 Å². The van der Waals surface area contributed by atoms with Gasteiger partial charge in [0.15, 0.2) is 6.61 Å². The zero-order chi connectivity index (χ0) is 15.4. The SMILES string of the molecule is Cc1cc(Br)ccc1NC(=O)COc1cccc(C)c1C. The Morgan fingerprint density at radius 3 is 2.62 bits per heavy atom. The van der Waals surface area contributed by atoms with Crippen molar-refractivity contribution in [3.63, 3.8) is 0 Å². The molecule has 0 radical (unpaired) electrons. The molecule has 0 atom stereocenters. The van der Waals surface area contributed by atoms with Gasteiger partial charge in [-0.1, -0.05) is 28.1 Å². The second-order valence-corrected chi connectivity index (χ2v) is 5.91. The number of carbonyl (C=O) groups excluding carboxylic acids is 1. The lowest BCUT2D eigenvalue weighted by Gasteiger charge is -2.12. The van der Waals surface area contributed by atoms with E-state index in [0.717, 1.165) is 32.6 Å². The highest BCUT2D eigenvalue weighted by Gasteiger charge is 2.08. The molecule has 0 spiro atoms. The molecule has 110 valence electrons. The zero-order valence-corrected chi connectivity index (χ0v) is 14.0. The Morgan fingerprint density at radius 1 is 1.14 bits per heavy atom. The van der Waals surface area contributed by atoms with Crippen molar-refractivity contribution in [1.82, 2.24) is 0 Å². The minimum absolute atomic E-state index is 0.000201. The lowest BCUT2D eigenvalue weighted by molar-refractivity contribution is -0.118. The van der Waals surface area contributed by atoms with Crippen LogP contribution in [0.2, 0.25) is 0 Å². The minimum Gasteiger partial charge on any atom is -0.483 e. The van der Waals surface area contributed by atoms with E-state index in [1.165, 1.54) is 0 Å². The topological polar surface area (TPSA) is 38.3 Å². The third-order valence-corrected chi connectivity index (χ3v) is 3.87. The molecule has 0 aliphatic heterocycles. The number of nitrogens with one attached hydrogen (secondary N) is 1. The predicted molar refractivity (Wildman–Crippen MR) is 88.9 cm³/mol. The molecular weight excluding hydrogens is 330 g/mol. The maximum absolute atomic E-state index is 12.0. The average molecular weight is 348 g/mol. The van der Waals surface area contributed by atoms with Gasteiger partial charge in [-0.2, -0.15) is 0 Å². The van der Waals surface area contributed by atoms with Crippen molar-refractivity contribution in [2.24, 2.45) is 0 Å². The lowest BCUT2D eigenvalue weighted by Crippen LogP contribution is -2.21. The second kappa shape index (κ2) is 6.76. The molecule has 3 nitrogen and oxygen atoms in total. The Morgan fingerprint density at radius 2 is 1.90 bits per heavy atom. The summed E-state index contributed by atoms with van der Waals surface area (Å²) >= 11 is 3.40. The molecule has 0 aliphatic carbocycles. The Bertz CT molecular complexity index is 668. The molecule has 0 saturated carbocycles. The molecular formula is C17H18BrNO2. The molecule has 2 aromatic rings. The van der Waals surface area contributed by atoms with Gasteiger partial charge in [0.05, 0.1) is 0 Å². The van der Waals surface area contributed by atoms with Gasteiger partial charge >= 0.3 is 0 Å². The summed E-state index contributed by atoms with van der Waals surface area (Å²) < 4.78 is 6.58. The van der Waals surface area contributed by atoms with Gasteiger partial charge in [0.1, 0.15) is 5.75 Å². The van der Waals surface area contributed by atoms with Crippen molar-refractivity contribution in [2.75, 3.05) is 11.9 Å². The van der Waals surface area contributed by atoms with Crippen LogP contribution in [0.5, 0.6) is 5.75 Å². The van der Waals surface area contributed by atoms with Gasteiger partial charge in [0, 0.05) is 10.2 Å². The van der Waals surface area contributed by atoms with Crippen molar-refractivity contribution in [1.29, 1.82) is 0 Å². The second-order valence-electron chi connectivity index (χ2n) is 4.99. The number of benzene rings is 2. The predicted octanol–water partition coefficient (Wildman–Crippen LogP) is 4.39. The highest BCUT2D eigenvalue weighted by Crippen LogP contribution is 2.21. The molecule has 0 bridgehead atoms. The van der Waals surface area contributed by atoms with Crippen molar-refractivity contribution < 1.29 is 9.53 Å². The number of rotatable bonds is 4. The van der Waals surface area contributed by atoms with E-state index in [2.05, 4.69) is 21.2 Å². The molecule has 0 aromatic heterocycles. The number of hydrogen-bond acceptors (Lipinski definition) is 2. The lowest BCUT2D eigenvalue weighted by atomic mass is 10.1. The van der Waals surface area contributed by atoms with E-state index in [-0.39, 0.29) is 12.5 Å². The van der Waals surface area contributed by atoms with Crippen molar-refractivity contribution >= 4 is 27.5 Å². The number of ether oxygens (including phenoxy) is 1. The molecule has 4 heteroatoms. The van der Waals surface area contributed by atoms with Crippen molar-refractivity contribution in [2.45, 2.75) is 20.8 Å². The quantitative estimate of drug-likeness (QED) is 0.890. The summed E-state index contributed by atoms with van der Waals surface area (Å²) in [5.74, 6) is 0.582. The summed E-state index contributed by atoms with van der Waals surface area (Å²) in [5.41, 5.74) is 4.01. The summed E-state index contributed by atoms with van der Waals surface area (Å²) in [6.07, 6.45) is 0. The summed E-state index contributed by atoms with van der Waals surface area (Å²) in [4.78, 5) is 12.0. The number of halogens is 1. The maximum atomic E-state index is 12.0. The van der Waals surface area contributed by atoms with E-state index in [9.17, 15) is 4.79 Å². The van der Waals surface area contributed by atoms with Crippen LogP contribution in [0.15, 0.2) is 40.9 Å². The molecule has 0 aliphatic rings. The minimum atomic E-state index is -0.165. The average Bonchev–Trinajstić information content (AvgIpc) is 2.43. The van der Waals surface area contributed by atoms with Crippen LogP contribution in [0.3, 0.4) is 0 Å². The van der Waals surface area contributed by atoms with E-state index in [0.29, 0.717) is 0 Å². The number of anilines is 1. The molecule has 0 fully saturated rings. The first-order valence-corrected chi connectivity index (χ1v) is 7.51. The van der Waals surface area contributed by atoms with Crippen LogP contribution in [-0.4, -0.2) is 12.5 Å². The van der Waals surface area contributed by atoms with Crippen molar-refractivity contribution in [3.05, 3.63) is 57.6 Å². The Kier molecular flexibility index (Phi) is 5.02. The van der Waals surface area contributed by atoms with E-state index >= 15 is 0 Å². The summed E-state index contributed by atoms with van der Waals surface area (Å²) in [6, 6.07) is 11.5. The first-order chi connectivity index (χ1) is 9.97.